The van der Waals surface area contributed by atoms with Gasteiger partial charge in [0.25, 0.3) is 0 Å². The van der Waals surface area contributed by atoms with Crippen molar-refractivity contribution in [2.24, 2.45) is 11.8 Å². The second kappa shape index (κ2) is 7.84. The van der Waals surface area contributed by atoms with Crippen LogP contribution in [0.2, 0.25) is 0 Å². The first kappa shape index (κ1) is 18.2. The number of fused-ring (bicyclic) bond motifs is 4. The maximum Gasteiger partial charge on any atom is 0.116 e. The van der Waals surface area contributed by atoms with Crippen LogP contribution < -0.4 is 0 Å². The van der Waals surface area contributed by atoms with Crippen LogP contribution in [0, 0.1) is 11.8 Å². The van der Waals surface area contributed by atoms with Gasteiger partial charge in [-0.1, -0.05) is 58.4 Å². The molecular weight excluding hydrogens is 386 g/mol. The maximum atomic E-state index is 11.8. The summed E-state index contributed by atoms with van der Waals surface area (Å²) in [6.45, 7) is 3.37. The number of halogens is 1. The number of hydrogen-bond donors (Lipinski definition) is 1. The van der Waals surface area contributed by atoms with Crippen LogP contribution in [0.5, 0.6) is 0 Å². The van der Waals surface area contributed by atoms with E-state index in [0.717, 1.165) is 40.4 Å². The minimum Gasteiger partial charge on any atom is -0.380 e. The lowest BCUT2D eigenvalue weighted by molar-refractivity contribution is 0.0559. The van der Waals surface area contributed by atoms with Gasteiger partial charge < -0.3 is 10.0 Å². The molecular formula is C23H28BrNO. The average molecular weight is 414 g/mol. The molecule has 2 heterocycles. The molecule has 3 heteroatoms. The van der Waals surface area contributed by atoms with E-state index in [4.69, 9.17) is 0 Å². The molecule has 2 bridgehead atoms. The first-order chi connectivity index (χ1) is 12.6. The molecule has 1 aliphatic carbocycles. The molecule has 0 spiro atoms. The molecule has 5 rings (SSSR count). The van der Waals surface area contributed by atoms with Gasteiger partial charge in [0.05, 0.1) is 0 Å². The van der Waals surface area contributed by atoms with E-state index in [2.05, 4.69) is 20.8 Å². The Morgan fingerprint density at radius 3 is 1.96 bits per heavy atom. The molecule has 0 aromatic heterocycles. The van der Waals surface area contributed by atoms with Gasteiger partial charge in [0.2, 0.25) is 0 Å². The van der Waals surface area contributed by atoms with Gasteiger partial charge in [-0.25, -0.2) is 0 Å². The van der Waals surface area contributed by atoms with Gasteiger partial charge in [0.15, 0.2) is 0 Å². The van der Waals surface area contributed by atoms with Crippen molar-refractivity contribution in [2.45, 2.75) is 37.7 Å². The number of hydrogen-bond acceptors (Lipinski definition) is 2. The summed E-state index contributed by atoms with van der Waals surface area (Å²) in [5.74, 6) is 1.73. The van der Waals surface area contributed by atoms with E-state index in [0.29, 0.717) is 0 Å². The van der Waals surface area contributed by atoms with Gasteiger partial charge in [-0.05, 0) is 67.2 Å². The SMILES string of the molecule is O[C@](CCN1CC2CCC(CC2)C1)(c1ccccc1)c1ccc(Br)cc1. The van der Waals surface area contributed by atoms with Gasteiger partial charge in [0, 0.05) is 24.1 Å². The van der Waals surface area contributed by atoms with E-state index in [1.807, 2.05) is 54.6 Å². The molecule has 1 saturated carbocycles. The first-order valence-corrected chi connectivity index (χ1v) is 10.7. The summed E-state index contributed by atoms with van der Waals surface area (Å²) in [5, 5.41) is 11.8. The summed E-state index contributed by atoms with van der Waals surface area (Å²) in [6, 6.07) is 18.3. The number of nitrogens with zero attached hydrogens (tertiary/aromatic N) is 1. The summed E-state index contributed by atoms with van der Waals surface area (Å²) in [5.41, 5.74) is 1.03. The van der Waals surface area contributed by atoms with Crippen molar-refractivity contribution in [3.05, 3.63) is 70.2 Å². The lowest BCUT2D eigenvalue weighted by atomic mass is 9.83. The lowest BCUT2D eigenvalue weighted by Crippen LogP contribution is -2.36. The fourth-order valence-corrected chi connectivity index (χ4v) is 5.06. The molecule has 2 saturated heterocycles. The highest BCUT2D eigenvalue weighted by atomic mass is 79.9. The standard InChI is InChI=1S/C23H28BrNO/c24-22-12-10-21(11-13-22)23(26,20-4-2-1-3-5-20)14-15-25-16-18-6-7-19(17-25)9-8-18/h1-5,10-13,18-19,26H,6-9,14-17H2/t18?,19?,23-/m1/s1. The van der Waals surface area contributed by atoms with Crippen molar-refractivity contribution >= 4 is 15.9 Å². The molecule has 0 radical (unpaired) electrons. The average Bonchev–Trinajstić information content (AvgIpc) is 3.00. The van der Waals surface area contributed by atoms with Crippen LogP contribution in [0.3, 0.4) is 0 Å². The summed E-state index contributed by atoms with van der Waals surface area (Å²) in [4.78, 5) is 2.61. The van der Waals surface area contributed by atoms with Crippen LogP contribution in [0.25, 0.3) is 0 Å². The smallest absolute Gasteiger partial charge is 0.116 e. The Bertz CT molecular complexity index is 695. The quantitative estimate of drug-likeness (QED) is 0.727. The zero-order valence-corrected chi connectivity index (χ0v) is 16.9. The summed E-state index contributed by atoms with van der Waals surface area (Å²) >= 11 is 3.51. The van der Waals surface area contributed by atoms with Crippen molar-refractivity contribution in [1.82, 2.24) is 4.90 Å². The predicted octanol–water partition coefficient (Wildman–Crippen LogP) is 5.20. The van der Waals surface area contributed by atoms with Crippen LogP contribution in [0.15, 0.2) is 59.1 Å². The molecule has 2 nitrogen and oxygen atoms in total. The highest BCUT2D eigenvalue weighted by Gasteiger charge is 2.34. The Morgan fingerprint density at radius 2 is 1.38 bits per heavy atom. The van der Waals surface area contributed by atoms with Crippen molar-refractivity contribution in [3.8, 4) is 0 Å². The molecule has 2 aliphatic heterocycles. The van der Waals surface area contributed by atoms with Crippen molar-refractivity contribution in [1.29, 1.82) is 0 Å². The minimum atomic E-state index is -0.937. The predicted molar refractivity (Wildman–Crippen MR) is 110 cm³/mol. The first-order valence-electron chi connectivity index (χ1n) is 9.90. The Kier molecular flexibility index (Phi) is 5.49. The fourth-order valence-electron chi connectivity index (χ4n) is 4.80. The number of benzene rings is 2. The number of aliphatic hydroxyl groups is 1. The molecule has 2 aromatic carbocycles. The Morgan fingerprint density at radius 1 is 0.846 bits per heavy atom. The van der Waals surface area contributed by atoms with Crippen LogP contribution >= 0.6 is 15.9 Å². The minimum absolute atomic E-state index is 0.734. The van der Waals surface area contributed by atoms with Gasteiger partial charge in [0.1, 0.15) is 5.60 Å². The second-order valence-electron chi connectivity index (χ2n) is 8.13. The molecule has 2 aromatic rings. The molecule has 1 N–H and O–H groups in total. The Labute approximate surface area is 165 Å². The van der Waals surface area contributed by atoms with Crippen molar-refractivity contribution in [2.75, 3.05) is 19.6 Å². The van der Waals surface area contributed by atoms with Gasteiger partial charge in [-0.15, -0.1) is 0 Å². The van der Waals surface area contributed by atoms with Gasteiger partial charge >= 0.3 is 0 Å². The summed E-state index contributed by atoms with van der Waals surface area (Å²) < 4.78 is 1.04. The topological polar surface area (TPSA) is 23.5 Å². The molecule has 3 fully saturated rings. The van der Waals surface area contributed by atoms with Crippen LogP contribution in [0.1, 0.15) is 43.2 Å². The van der Waals surface area contributed by atoms with Gasteiger partial charge in [-0.2, -0.15) is 0 Å². The lowest BCUT2D eigenvalue weighted by Gasteiger charge is -2.33. The fraction of sp³-hybridized carbons (Fsp3) is 0.478. The van der Waals surface area contributed by atoms with E-state index >= 15 is 0 Å². The molecule has 1 atom stereocenters. The van der Waals surface area contributed by atoms with E-state index in [1.165, 1.54) is 38.8 Å². The largest absolute Gasteiger partial charge is 0.380 e. The highest BCUT2D eigenvalue weighted by molar-refractivity contribution is 9.10. The molecule has 3 aliphatic rings. The molecule has 138 valence electrons. The molecule has 0 unspecified atom stereocenters. The van der Waals surface area contributed by atoms with E-state index in [1.54, 1.807) is 0 Å². The van der Waals surface area contributed by atoms with Crippen molar-refractivity contribution in [3.63, 3.8) is 0 Å². The summed E-state index contributed by atoms with van der Waals surface area (Å²) in [7, 11) is 0. The van der Waals surface area contributed by atoms with E-state index < -0.39 is 5.60 Å². The highest BCUT2D eigenvalue weighted by Crippen LogP contribution is 2.37. The van der Waals surface area contributed by atoms with Crippen LogP contribution in [-0.4, -0.2) is 29.6 Å². The van der Waals surface area contributed by atoms with Crippen LogP contribution in [0.4, 0.5) is 0 Å². The Balaban J connectivity index is 1.56. The zero-order valence-electron chi connectivity index (χ0n) is 15.3. The molecule has 0 amide bonds. The summed E-state index contributed by atoms with van der Waals surface area (Å²) in [6.07, 6.45) is 6.33. The third-order valence-corrected chi connectivity index (χ3v) is 6.89. The Hall–Kier alpha value is -1.16. The maximum absolute atomic E-state index is 11.8. The zero-order chi connectivity index (χ0) is 18.0. The third-order valence-electron chi connectivity index (χ3n) is 6.36. The van der Waals surface area contributed by atoms with E-state index in [9.17, 15) is 5.11 Å². The normalized spacial score (nSPS) is 25.6. The monoisotopic (exact) mass is 413 g/mol. The van der Waals surface area contributed by atoms with Crippen LogP contribution in [-0.2, 0) is 5.60 Å². The second-order valence-corrected chi connectivity index (χ2v) is 9.05. The third kappa shape index (κ3) is 3.90. The number of rotatable bonds is 5. The van der Waals surface area contributed by atoms with E-state index in [-0.39, 0.29) is 0 Å². The van der Waals surface area contributed by atoms with Crippen molar-refractivity contribution < 1.29 is 5.11 Å². The molecule has 26 heavy (non-hydrogen) atoms. The van der Waals surface area contributed by atoms with Gasteiger partial charge in [-0.3, -0.25) is 0 Å².